The predicted octanol–water partition coefficient (Wildman–Crippen LogP) is 2.14. The zero-order chi connectivity index (χ0) is 12.5. The van der Waals surface area contributed by atoms with Crippen LogP contribution in [0.3, 0.4) is 0 Å². The first-order chi connectivity index (χ1) is 8.75. The number of aromatic hydroxyl groups is 1. The van der Waals surface area contributed by atoms with Crippen molar-refractivity contribution in [3.8, 4) is 5.75 Å². The monoisotopic (exact) mass is 246 g/mol. The minimum absolute atomic E-state index is 0.304. The average Bonchev–Trinajstić information content (AvgIpc) is 2.82. The molecule has 0 saturated carbocycles. The zero-order valence-corrected chi connectivity index (χ0v) is 11.0. The third kappa shape index (κ3) is 2.13. The minimum atomic E-state index is 0.304. The van der Waals surface area contributed by atoms with Crippen molar-refractivity contribution >= 4 is 0 Å². The maximum atomic E-state index is 9.96. The van der Waals surface area contributed by atoms with E-state index in [4.69, 9.17) is 0 Å². The summed E-state index contributed by atoms with van der Waals surface area (Å²) in [5.41, 5.74) is 1.05. The van der Waals surface area contributed by atoms with E-state index in [1.54, 1.807) is 6.07 Å². The van der Waals surface area contributed by atoms with Gasteiger partial charge in [-0.3, -0.25) is 4.90 Å². The van der Waals surface area contributed by atoms with Crippen LogP contribution in [0.4, 0.5) is 0 Å². The average molecular weight is 246 g/mol. The lowest BCUT2D eigenvalue weighted by molar-refractivity contribution is 0.246. The van der Waals surface area contributed by atoms with Gasteiger partial charge in [-0.1, -0.05) is 18.2 Å². The first-order valence-corrected chi connectivity index (χ1v) is 7.01. The van der Waals surface area contributed by atoms with E-state index < -0.39 is 0 Å². The number of hydrogen-bond acceptors (Lipinski definition) is 3. The Morgan fingerprint density at radius 2 is 2.17 bits per heavy atom. The number of nitrogens with one attached hydrogen (secondary N) is 1. The SMILES string of the molecule is CC(c1ccccc1O)N1C[C@@H]2CCCN[C@@H]2C1. The van der Waals surface area contributed by atoms with E-state index in [0.29, 0.717) is 17.8 Å². The number of phenols is 1. The van der Waals surface area contributed by atoms with Crippen LogP contribution in [0.25, 0.3) is 0 Å². The molecule has 3 atom stereocenters. The molecule has 0 bridgehead atoms. The summed E-state index contributed by atoms with van der Waals surface area (Å²) in [4.78, 5) is 2.50. The molecular formula is C15H22N2O. The third-order valence-electron chi connectivity index (χ3n) is 4.56. The highest BCUT2D eigenvalue weighted by molar-refractivity contribution is 5.34. The molecule has 1 unspecified atom stereocenters. The fraction of sp³-hybridized carbons (Fsp3) is 0.600. The van der Waals surface area contributed by atoms with Gasteiger partial charge in [-0.05, 0) is 38.3 Å². The van der Waals surface area contributed by atoms with Gasteiger partial charge < -0.3 is 10.4 Å². The molecule has 3 heteroatoms. The summed E-state index contributed by atoms with van der Waals surface area (Å²) in [6.45, 7) is 5.64. The number of fused-ring (bicyclic) bond motifs is 1. The van der Waals surface area contributed by atoms with Crippen LogP contribution in [-0.4, -0.2) is 35.7 Å². The molecule has 3 nitrogen and oxygen atoms in total. The normalized spacial score (nSPS) is 30.1. The van der Waals surface area contributed by atoms with Gasteiger partial charge in [-0.15, -0.1) is 0 Å². The molecule has 2 aliphatic rings. The number of phenolic OH excluding ortho intramolecular Hbond substituents is 1. The number of rotatable bonds is 2. The summed E-state index contributed by atoms with van der Waals surface area (Å²) in [5, 5.41) is 13.6. The minimum Gasteiger partial charge on any atom is -0.508 e. The van der Waals surface area contributed by atoms with E-state index in [1.807, 2.05) is 18.2 Å². The molecule has 2 fully saturated rings. The topological polar surface area (TPSA) is 35.5 Å². The Morgan fingerprint density at radius 1 is 1.33 bits per heavy atom. The standard InChI is InChI=1S/C15H22N2O/c1-11(13-6-2-3-7-15(13)18)17-9-12-5-4-8-16-14(12)10-17/h2-3,6-7,11-12,14,16,18H,4-5,8-10H2,1H3/t11?,12-,14+/m0/s1. The molecule has 2 N–H and O–H groups in total. The van der Waals surface area contributed by atoms with Crippen molar-refractivity contribution in [2.24, 2.45) is 5.92 Å². The number of nitrogens with zero attached hydrogens (tertiary/aromatic N) is 1. The summed E-state index contributed by atoms with van der Waals surface area (Å²) in [5.74, 6) is 1.22. The van der Waals surface area contributed by atoms with Crippen LogP contribution < -0.4 is 5.32 Å². The van der Waals surface area contributed by atoms with Gasteiger partial charge in [0.05, 0.1) is 0 Å². The van der Waals surface area contributed by atoms with Crippen molar-refractivity contribution < 1.29 is 5.11 Å². The van der Waals surface area contributed by atoms with Crippen LogP contribution in [0.5, 0.6) is 5.75 Å². The molecule has 0 aliphatic carbocycles. The molecule has 2 aliphatic heterocycles. The van der Waals surface area contributed by atoms with E-state index >= 15 is 0 Å². The predicted molar refractivity (Wildman–Crippen MR) is 72.6 cm³/mol. The summed E-state index contributed by atoms with van der Waals surface area (Å²) in [6, 6.07) is 8.68. The van der Waals surface area contributed by atoms with Gasteiger partial charge in [0.25, 0.3) is 0 Å². The van der Waals surface area contributed by atoms with Crippen LogP contribution in [-0.2, 0) is 0 Å². The number of benzene rings is 1. The molecular weight excluding hydrogens is 224 g/mol. The van der Waals surface area contributed by atoms with Crippen LogP contribution in [0.15, 0.2) is 24.3 Å². The second kappa shape index (κ2) is 4.90. The summed E-state index contributed by atoms with van der Waals surface area (Å²) in [7, 11) is 0. The second-order valence-electron chi connectivity index (χ2n) is 5.65. The van der Waals surface area contributed by atoms with Gasteiger partial charge in [0, 0.05) is 30.7 Å². The molecule has 1 aromatic rings. The van der Waals surface area contributed by atoms with E-state index in [-0.39, 0.29) is 0 Å². The molecule has 2 heterocycles. The van der Waals surface area contributed by atoms with Crippen molar-refractivity contribution in [3.63, 3.8) is 0 Å². The van der Waals surface area contributed by atoms with E-state index in [9.17, 15) is 5.11 Å². The van der Waals surface area contributed by atoms with Crippen LogP contribution in [0.1, 0.15) is 31.4 Å². The van der Waals surface area contributed by atoms with E-state index in [1.165, 1.54) is 19.4 Å². The zero-order valence-electron chi connectivity index (χ0n) is 11.0. The van der Waals surface area contributed by atoms with Crippen LogP contribution in [0.2, 0.25) is 0 Å². The molecule has 18 heavy (non-hydrogen) atoms. The van der Waals surface area contributed by atoms with Gasteiger partial charge in [-0.2, -0.15) is 0 Å². The van der Waals surface area contributed by atoms with Crippen molar-refractivity contribution in [3.05, 3.63) is 29.8 Å². The molecule has 98 valence electrons. The molecule has 1 aromatic carbocycles. The first kappa shape index (κ1) is 12.0. The number of hydrogen-bond donors (Lipinski definition) is 2. The lowest BCUT2D eigenvalue weighted by Crippen LogP contribution is -2.40. The van der Waals surface area contributed by atoms with Gasteiger partial charge in [0.2, 0.25) is 0 Å². The Morgan fingerprint density at radius 3 is 2.94 bits per heavy atom. The largest absolute Gasteiger partial charge is 0.508 e. The Bertz CT molecular complexity index is 407. The van der Waals surface area contributed by atoms with Gasteiger partial charge in [0.15, 0.2) is 0 Å². The highest BCUT2D eigenvalue weighted by atomic mass is 16.3. The van der Waals surface area contributed by atoms with Crippen LogP contribution in [0, 0.1) is 5.92 Å². The first-order valence-electron chi connectivity index (χ1n) is 7.01. The molecule has 0 amide bonds. The molecule has 0 radical (unpaired) electrons. The van der Waals surface area contributed by atoms with Crippen molar-refractivity contribution in [2.75, 3.05) is 19.6 Å². The highest BCUT2D eigenvalue weighted by Crippen LogP contribution is 2.34. The highest BCUT2D eigenvalue weighted by Gasteiger charge is 2.36. The maximum absolute atomic E-state index is 9.96. The smallest absolute Gasteiger partial charge is 0.120 e. The van der Waals surface area contributed by atoms with Gasteiger partial charge in [-0.25, -0.2) is 0 Å². The Kier molecular flexibility index (Phi) is 3.27. The van der Waals surface area contributed by atoms with E-state index in [0.717, 1.165) is 24.6 Å². The summed E-state index contributed by atoms with van der Waals surface area (Å²) < 4.78 is 0. The van der Waals surface area contributed by atoms with Crippen molar-refractivity contribution in [1.29, 1.82) is 0 Å². The summed E-state index contributed by atoms with van der Waals surface area (Å²) >= 11 is 0. The quantitative estimate of drug-likeness (QED) is 0.839. The van der Waals surface area contributed by atoms with Gasteiger partial charge >= 0.3 is 0 Å². The maximum Gasteiger partial charge on any atom is 0.120 e. The Hall–Kier alpha value is -1.06. The van der Waals surface area contributed by atoms with Crippen molar-refractivity contribution in [1.82, 2.24) is 10.2 Å². The number of likely N-dealkylation sites (tertiary alicyclic amines) is 1. The van der Waals surface area contributed by atoms with Gasteiger partial charge in [0.1, 0.15) is 5.75 Å². The Labute approximate surface area is 109 Å². The molecule has 0 spiro atoms. The number of para-hydroxylation sites is 1. The third-order valence-corrected chi connectivity index (χ3v) is 4.56. The number of piperidine rings is 1. The second-order valence-corrected chi connectivity index (χ2v) is 5.65. The molecule has 2 saturated heterocycles. The van der Waals surface area contributed by atoms with Crippen LogP contribution >= 0.6 is 0 Å². The van der Waals surface area contributed by atoms with E-state index in [2.05, 4.69) is 17.1 Å². The molecule has 0 aromatic heterocycles. The fourth-order valence-corrected chi connectivity index (χ4v) is 3.43. The fourth-order valence-electron chi connectivity index (χ4n) is 3.43. The lowest BCUT2D eigenvalue weighted by Gasteiger charge is -2.25. The van der Waals surface area contributed by atoms with Crippen molar-refractivity contribution in [2.45, 2.75) is 31.8 Å². The Balaban J connectivity index is 1.74. The lowest BCUT2D eigenvalue weighted by atomic mass is 9.94. The molecule has 3 rings (SSSR count). The summed E-state index contributed by atoms with van der Waals surface area (Å²) in [6.07, 6.45) is 2.65.